The number of nitro groups is 1. The zero-order valence-electron chi connectivity index (χ0n) is 8.96. The third-order valence-electron chi connectivity index (χ3n) is 1.91. The lowest BCUT2D eigenvalue weighted by Crippen LogP contribution is -2.29. The fourth-order valence-electron chi connectivity index (χ4n) is 1.05. The number of halogens is 1. The van der Waals surface area contributed by atoms with Crippen molar-refractivity contribution in [2.45, 2.75) is 18.0 Å². The van der Waals surface area contributed by atoms with Crippen molar-refractivity contribution >= 4 is 15.7 Å². The normalized spacial score (nSPS) is 13.3. The van der Waals surface area contributed by atoms with Gasteiger partial charge in [-0.05, 0) is 19.1 Å². The van der Waals surface area contributed by atoms with Crippen LogP contribution in [-0.4, -0.2) is 26.1 Å². The lowest BCUT2D eigenvalue weighted by molar-refractivity contribution is -0.384. The average molecular weight is 262 g/mol. The molecule has 0 aliphatic rings. The van der Waals surface area contributed by atoms with Crippen LogP contribution in [0.2, 0.25) is 0 Å². The number of rotatable bonds is 5. The van der Waals surface area contributed by atoms with Gasteiger partial charge in [0.15, 0.2) is 0 Å². The molecule has 0 heterocycles. The molecule has 6 nitrogen and oxygen atoms in total. The summed E-state index contributed by atoms with van der Waals surface area (Å²) in [6.07, 6.45) is -1.30. The highest BCUT2D eigenvalue weighted by molar-refractivity contribution is 7.89. The number of non-ortho nitro benzene ring substituents is 1. The van der Waals surface area contributed by atoms with Gasteiger partial charge < -0.3 is 0 Å². The van der Waals surface area contributed by atoms with Crippen LogP contribution in [0.25, 0.3) is 0 Å². The minimum Gasteiger partial charge on any atom is -0.258 e. The number of benzene rings is 1. The van der Waals surface area contributed by atoms with Crippen LogP contribution in [0.1, 0.15) is 6.92 Å². The first kappa shape index (κ1) is 13.5. The van der Waals surface area contributed by atoms with E-state index >= 15 is 0 Å². The van der Waals surface area contributed by atoms with Crippen molar-refractivity contribution in [2.75, 3.05) is 6.54 Å². The molecular formula is C9H11FN2O4S. The molecular weight excluding hydrogens is 251 g/mol. The molecule has 94 valence electrons. The molecule has 1 unspecified atom stereocenters. The molecule has 0 amide bonds. The Morgan fingerprint density at radius 1 is 1.41 bits per heavy atom. The van der Waals surface area contributed by atoms with E-state index in [0.29, 0.717) is 0 Å². The van der Waals surface area contributed by atoms with Crippen molar-refractivity contribution in [3.05, 3.63) is 34.4 Å². The van der Waals surface area contributed by atoms with Gasteiger partial charge in [-0.3, -0.25) is 10.1 Å². The van der Waals surface area contributed by atoms with Crippen molar-refractivity contribution in [2.24, 2.45) is 0 Å². The van der Waals surface area contributed by atoms with Crippen LogP contribution in [-0.2, 0) is 10.0 Å². The lowest BCUT2D eigenvalue weighted by atomic mass is 10.3. The van der Waals surface area contributed by atoms with Crippen molar-refractivity contribution in [3.63, 3.8) is 0 Å². The third kappa shape index (κ3) is 3.75. The van der Waals surface area contributed by atoms with Crippen LogP contribution in [0.3, 0.4) is 0 Å². The topological polar surface area (TPSA) is 89.3 Å². The lowest BCUT2D eigenvalue weighted by Gasteiger charge is -2.06. The zero-order chi connectivity index (χ0) is 13.1. The molecule has 1 atom stereocenters. The van der Waals surface area contributed by atoms with Crippen LogP contribution >= 0.6 is 0 Å². The predicted molar refractivity (Wildman–Crippen MR) is 58.9 cm³/mol. The van der Waals surface area contributed by atoms with Gasteiger partial charge in [0.05, 0.1) is 9.82 Å². The number of hydrogen-bond acceptors (Lipinski definition) is 4. The van der Waals surface area contributed by atoms with E-state index in [1.807, 2.05) is 0 Å². The SMILES string of the molecule is CC(F)CNS(=O)(=O)c1ccc([N+](=O)[O-])cc1. The van der Waals surface area contributed by atoms with Crippen molar-refractivity contribution < 1.29 is 17.7 Å². The first-order chi connectivity index (χ1) is 7.83. The molecule has 0 radical (unpaired) electrons. The van der Waals surface area contributed by atoms with Gasteiger partial charge in [-0.1, -0.05) is 0 Å². The largest absolute Gasteiger partial charge is 0.269 e. The molecule has 0 spiro atoms. The van der Waals surface area contributed by atoms with E-state index in [1.165, 1.54) is 6.92 Å². The Bertz CT molecular complexity index is 498. The Balaban J connectivity index is 2.89. The molecule has 1 N–H and O–H groups in total. The molecule has 0 saturated carbocycles. The van der Waals surface area contributed by atoms with Crippen molar-refractivity contribution in [3.8, 4) is 0 Å². The molecule has 0 fully saturated rings. The fourth-order valence-corrected chi connectivity index (χ4v) is 2.17. The monoisotopic (exact) mass is 262 g/mol. The summed E-state index contributed by atoms with van der Waals surface area (Å²) in [6, 6.07) is 4.35. The van der Waals surface area contributed by atoms with E-state index in [-0.39, 0.29) is 17.1 Å². The summed E-state index contributed by atoms with van der Waals surface area (Å²) in [5.74, 6) is 0. The highest BCUT2D eigenvalue weighted by Gasteiger charge is 2.16. The standard InChI is InChI=1S/C9H11FN2O4S/c1-7(10)6-11-17(15,16)9-4-2-8(3-5-9)12(13)14/h2-5,7,11H,6H2,1H3. The van der Waals surface area contributed by atoms with Gasteiger partial charge in [-0.2, -0.15) is 0 Å². The maximum Gasteiger partial charge on any atom is 0.269 e. The average Bonchev–Trinajstić information content (AvgIpc) is 2.27. The first-order valence-corrected chi connectivity index (χ1v) is 6.19. The minimum absolute atomic E-state index is 0.135. The molecule has 1 aromatic carbocycles. The maximum atomic E-state index is 12.5. The van der Waals surface area contributed by atoms with Crippen LogP contribution < -0.4 is 4.72 Å². The second-order valence-corrected chi connectivity index (χ2v) is 5.15. The Hall–Kier alpha value is -1.54. The quantitative estimate of drug-likeness (QED) is 0.638. The highest BCUT2D eigenvalue weighted by Crippen LogP contribution is 2.15. The molecule has 0 saturated heterocycles. The predicted octanol–water partition coefficient (Wildman–Crippen LogP) is 1.23. The van der Waals surface area contributed by atoms with E-state index < -0.39 is 21.1 Å². The molecule has 0 aromatic heterocycles. The van der Waals surface area contributed by atoms with Crippen LogP contribution in [0.15, 0.2) is 29.2 Å². The summed E-state index contributed by atoms with van der Waals surface area (Å²) in [4.78, 5) is 9.60. The molecule has 0 aliphatic carbocycles. The summed E-state index contributed by atoms with van der Waals surface area (Å²) < 4.78 is 37.7. The van der Waals surface area contributed by atoms with E-state index in [1.54, 1.807) is 0 Å². The van der Waals surface area contributed by atoms with Gasteiger partial charge >= 0.3 is 0 Å². The second kappa shape index (κ2) is 5.19. The highest BCUT2D eigenvalue weighted by atomic mass is 32.2. The van der Waals surface area contributed by atoms with Gasteiger partial charge in [-0.15, -0.1) is 0 Å². The number of nitrogens with zero attached hydrogens (tertiary/aromatic N) is 1. The van der Waals surface area contributed by atoms with Crippen LogP contribution in [0, 0.1) is 10.1 Å². The fraction of sp³-hybridized carbons (Fsp3) is 0.333. The second-order valence-electron chi connectivity index (χ2n) is 3.38. The molecule has 1 aromatic rings. The van der Waals surface area contributed by atoms with E-state index in [4.69, 9.17) is 0 Å². The summed E-state index contributed by atoms with van der Waals surface area (Å²) >= 11 is 0. The Morgan fingerprint density at radius 3 is 2.35 bits per heavy atom. The van der Waals surface area contributed by atoms with Gasteiger partial charge in [0.2, 0.25) is 10.0 Å². The Morgan fingerprint density at radius 2 is 1.94 bits per heavy atom. The molecule has 1 rings (SSSR count). The number of hydrogen-bond donors (Lipinski definition) is 1. The van der Waals surface area contributed by atoms with Crippen LogP contribution in [0.4, 0.5) is 10.1 Å². The third-order valence-corrected chi connectivity index (χ3v) is 3.35. The number of nitro benzene ring substituents is 1. The van der Waals surface area contributed by atoms with Crippen LogP contribution in [0.5, 0.6) is 0 Å². The summed E-state index contributed by atoms with van der Waals surface area (Å²) in [7, 11) is -3.81. The minimum atomic E-state index is -3.81. The van der Waals surface area contributed by atoms with Gasteiger partial charge in [0, 0.05) is 18.7 Å². The summed E-state index contributed by atoms with van der Waals surface area (Å²) in [5, 5.41) is 10.4. The smallest absolute Gasteiger partial charge is 0.258 e. The van der Waals surface area contributed by atoms with Gasteiger partial charge in [-0.25, -0.2) is 17.5 Å². The molecule has 8 heteroatoms. The van der Waals surface area contributed by atoms with Gasteiger partial charge in [0.1, 0.15) is 6.17 Å². The van der Waals surface area contributed by atoms with E-state index in [0.717, 1.165) is 24.3 Å². The van der Waals surface area contributed by atoms with Crippen molar-refractivity contribution in [1.82, 2.24) is 4.72 Å². The molecule has 0 bridgehead atoms. The number of alkyl halides is 1. The molecule has 17 heavy (non-hydrogen) atoms. The summed E-state index contributed by atoms with van der Waals surface area (Å²) in [5.41, 5.74) is -0.206. The number of nitrogens with one attached hydrogen (secondary N) is 1. The van der Waals surface area contributed by atoms with Gasteiger partial charge in [0.25, 0.3) is 5.69 Å². The Kier molecular flexibility index (Phi) is 4.13. The van der Waals surface area contributed by atoms with Crippen molar-refractivity contribution in [1.29, 1.82) is 0 Å². The van der Waals surface area contributed by atoms with E-state index in [9.17, 15) is 22.9 Å². The maximum absolute atomic E-state index is 12.5. The summed E-state index contributed by atoms with van der Waals surface area (Å²) in [6.45, 7) is 0.887. The van der Waals surface area contributed by atoms with E-state index in [2.05, 4.69) is 4.72 Å². The molecule has 0 aliphatic heterocycles. The first-order valence-electron chi connectivity index (χ1n) is 4.71. The zero-order valence-corrected chi connectivity index (χ0v) is 9.78. The number of sulfonamides is 1. The Labute approximate surface area is 97.7 Å².